The Morgan fingerprint density at radius 2 is 1.90 bits per heavy atom. The van der Waals surface area contributed by atoms with E-state index in [1.807, 2.05) is 12.1 Å². The van der Waals surface area contributed by atoms with E-state index in [2.05, 4.69) is 10.2 Å². The highest BCUT2D eigenvalue weighted by molar-refractivity contribution is 7.93. The van der Waals surface area contributed by atoms with E-state index in [1.54, 1.807) is 30.5 Å². The molecule has 1 N–H and O–H groups in total. The molecule has 0 aliphatic carbocycles. The van der Waals surface area contributed by atoms with E-state index in [0.717, 1.165) is 31.7 Å². The fourth-order valence-corrected chi connectivity index (χ4v) is 5.70. The van der Waals surface area contributed by atoms with E-state index in [0.29, 0.717) is 30.8 Å². The van der Waals surface area contributed by atoms with Crippen molar-refractivity contribution in [2.45, 2.75) is 31.7 Å². The standard InChI is InChI=1S/C21H27N3O4S/c25-21(17-7-4-8-18(15-17)24-12-6-14-29(24,26)27)22-16-19(20-9-5-13-28-20)23-10-2-1-3-11-23/h4-5,7-9,13,15,19H,1-3,6,10-12,14,16H2,(H,22,25). The van der Waals surface area contributed by atoms with Gasteiger partial charge in [0.25, 0.3) is 5.91 Å². The van der Waals surface area contributed by atoms with Crippen molar-refractivity contribution in [2.75, 3.05) is 36.2 Å². The maximum Gasteiger partial charge on any atom is 0.251 e. The maximum absolute atomic E-state index is 12.8. The van der Waals surface area contributed by atoms with Gasteiger partial charge in [0.2, 0.25) is 10.0 Å². The Morgan fingerprint density at radius 3 is 2.59 bits per heavy atom. The molecule has 7 nitrogen and oxygen atoms in total. The fourth-order valence-electron chi connectivity index (χ4n) is 4.14. The predicted octanol–water partition coefficient (Wildman–Crippen LogP) is 2.78. The summed E-state index contributed by atoms with van der Waals surface area (Å²) >= 11 is 0. The number of hydrogen-bond donors (Lipinski definition) is 1. The summed E-state index contributed by atoms with van der Waals surface area (Å²) in [5, 5.41) is 3.01. The Kier molecular flexibility index (Phi) is 5.91. The number of furan rings is 1. The van der Waals surface area contributed by atoms with Crippen LogP contribution in [0.1, 0.15) is 47.8 Å². The molecule has 4 rings (SSSR count). The molecular formula is C21H27N3O4S. The lowest BCUT2D eigenvalue weighted by molar-refractivity contribution is 0.0914. The molecule has 1 unspecified atom stereocenters. The molecule has 0 bridgehead atoms. The van der Waals surface area contributed by atoms with Gasteiger partial charge in [0.05, 0.1) is 23.7 Å². The molecule has 2 aliphatic rings. The van der Waals surface area contributed by atoms with Crippen LogP contribution in [0.2, 0.25) is 0 Å². The summed E-state index contributed by atoms with van der Waals surface area (Å²) in [5.41, 5.74) is 1.01. The minimum atomic E-state index is -3.27. The molecule has 3 heterocycles. The number of sulfonamides is 1. The number of nitrogens with one attached hydrogen (secondary N) is 1. The van der Waals surface area contributed by atoms with Gasteiger partial charge >= 0.3 is 0 Å². The summed E-state index contributed by atoms with van der Waals surface area (Å²) in [4.78, 5) is 15.2. The average molecular weight is 418 g/mol. The van der Waals surface area contributed by atoms with Gasteiger partial charge in [-0.2, -0.15) is 0 Å². The quantitative estimate of drug-likeness (QED) is 0.782. The third kappa shape index (κ3) is 4.48. The topological polar surface area (TPSA) is 82.9 Å². The van der Waals surface area contributed by atoms with Gasteiger partial charge < -0.3 is 9.73 Å². The van der Waals surface area contributed by atoms with E-state index >= 15 is 0 Å². The first-order valence-electron chi connectivity index (χ1n) is 10.2. The first-order valence-corrected chi connectivity index (χ1v) is 11.8. The second kappa shape index (κ2) is 8.59. The first kappa shape index (κ1) is 20.0. The average Bonchev–Trinajstić information content (AvgIpc) is 3.38. The lowest BCUT2D eigenvalue weighted by atomic mass is 10.1. The first-order chi connectivity index (χ1) is 14.0. The van der Waals surface area contributed by atoms with Crippen molar-refractivity contribution in [3.05, 3.63) is 54.0 Å². The van der Waals surface area contributed by atoms with E-state index in [1.165, 1.54) is 10.7 Å². The molecule has 2 aliphatic heterocycles. The number of carbonyl (C=O) groups excluding carboxylic acids is 1. The number of piperidine rings is 1. The number of amides is 1. The number of likely N-dealkylation sites (tertiary alicyclic amines) is 1. The van der Waals surface area contributed by atoms with Crippen molar-refractivity contribution in [1.29, 1.82) is 0 Å². The lowest BCUT2D eigenvalue weighted by Crippen LogP contribution is -2.40. The number of rotatable bonds is 6. The second-order valence-electron chi connectivity index (χ2n) is 7.63. The zero-order valence-corrected chi connectivity index (χ0v) is 17.2. The third-order valence-corrected chi connectivity index (χ3v) is 7.52. The van der Waals surface area contributed by atoms with Gasteiger partial charge in [-0.25, -0.2) is 8.42 Å². The molecule has 2 saturated heterocycles. The molecule has 2 fully saturated rings. The van der Waals surface area contributed by atoms with Crippen molar-refractivity contribution in [2.24, 2.45) is 0 Å². The molecule has 8 heteroatoms. The Bertz CT molecular complexity index is 937. The van der Waals surface area contributed by atoms with Crippen LogP contribution in [0.5, 0.6) is 0 Å². The van der Waals surface area contributed by atoms with Gasteiger partial charge in [-0.05, 0) is 62.7 Å². The van der Waals surface area contributed by atoms with Crippen LogP contribution in [0.4, 0.5) is 5.69 Å². The highest BCUT2D eigenvalue weighted by atomic mass is 32.2. The van der Waals surface area contributed by atoms with Crippen molar-refractivity contribution in [3.63, 3.8) is 0 Å². The largest absolute Gasteiger partial charge is 0.468 e. The number of hydrogen-bond acceptors (Lipinski definition) is 5. The van der Waals surface area contributed by atoms with E-state index in [-0.39, 0.29) is 17.7 Å². The van der Waals surface area contributed by atoms with E-state index in [4.69, 9.17) is 4.42 Å². The summed E-state index contributed by atoms with van der Waals surface area (Å²) in [7, 11) is -3.27. The second-order valence-corrected chi connectivity index (χ2v) is 9.64. The number of carbonyl (C=O) groups is 1. The molecule has 1 atom stereocenters. The Balaban J connectivity index is 1.46. The summed E-state index contributed by atoms with van der Waals surface area (Å²) in [6, 6.07) is 10.6. The summed E-state index contributed by atoms with van der Waals surface area (Å²) in [6.07, 6.45) is 5.81. The number of nitrogens with zero attached hydrogens (tertiary/aromatic N) is 2. The molecule has 156 valence electrons. The van der Waals surface area contributed by atoms with E-state index < -0.39 is 10.0 Å². The van der Waals surface area contributed by atoms with Gasteiger partial charge in [0.1, 0.15) is 5.76 Å². The smallest absolute Gasteiger partial charge is 0.251 e. The highest BCUT2D eigenvalue weighted by Gasteiger charge is 2.29. The summed E-state index contributed by atoms with van der Waals surface area (Å²) in [5.74, 6) is 0.797. The minimum Gasteiger partial charge on any atom is -0.468 e. The zero-order chi connectivity index (χ0) is 20.3. The number of anilines is 1. The molecule has 29 heavy (non-hydrogen) atoms. The van der Waals surface area contributed by atoms with Crippen molar-refractivity contribution in [3.8, 4) is 0 Å². The molecule has 1 amide bonds. The van der Waals surface area contributed by atoms with Gasteiger partial charge in [0, 0.05) is 18.7 Å². The molecule has 1 aromatic carbocycles. The van der Waals surface area contributed by atoms with Crippen LogP contribution in [0.3, 0.4) is 0 Å². The number of benzene rings is 1. The van der Waals surface area contributed by atoms with Crippen LogP contribution in [-0.4, -0.2) is 51.2 Å². The molecule has 1 aromatic heterocycles. The van der Waals surface area contributed by atoms with Crippen LogP contribution in [0, 0.1) is 0 Å². The monoisotopic (exact) mass is 417 g/mol. The predicted molar refractivity (Wildman–Crippen MR) is 111 cm³/mol. The Hall–Kier alpha value is -2.32. The lowest BCUT2D eigenvalue weighted by Gasteiger charge is -2.33. The van der Waals surface area contributed by atoms with Crippen LogP contribution in [0.15, 0.2) is 47.1 Å². The van der Waals surface area contributed by atoms with Crippen LogP contribution < -0.4 is 9.62 Å². The van der Waals surface area contributed by atoms with Gasteiger partial charge in [-0.3, -0.25) is 14.0 Å². The summed E-state index contributed by atoms with van der Waals surface area (Å²) < 4.78 is 31.4. The van der Waals surface area contributed by atoms with Gasteiger partial charge in [-0.1, -0.05) is 12.5 Å². The third-order valence-electron chi connectivity index (χ3n) is 5.65. The van der Waals surface area contributed by atoms with Crippen molar-refractivity contribution >= 4 is 21.6 Å². The minimum absolute atomic E-state index is 0.00334. The van der Waals surface area contributed by atoms with Crippen molar-refractivity contribution < 1.29 is 17.6 Å². The highest BCUT2D eigenvalue weighted by Crippen LogP contribution is 2.26. The zero-order valence-electron chi connectivity index (χ0n) is 16.4. The van der Waals surface area contributed by atoms with Gasteiger partial charge in [-0.15, -0.1) is 0 Å². The Labute approximate surface area is 171 Å². The molecule has 0 spiro atoms. The van der Waals surface area contributed by atoms with Crippen LogP contribution in [0.25, 0.3) is 0 Å². The molecule has 2 aromatic rings. The van der Waals surface area contributed by atoms with Crippen LogP contribution in [-0.2, 0) is 10.0 Å². The van der Waals surface area contributed by atoms with Crippen molar-refractivity contribution in [1.82, 2.24) is 10.2 Å². The molecular weight excluding hydrogens is 390 g/mol. The maximum atomic E-state index is 12.8. The van der Waals surface area contributed by atoms with Crippen LogP contribution >= 0.6 is 0 Å². The van der Waals surface area contributed by atoms with E-state index in [9.17, 15) is 13.2 Å². The molecule has 0 radical (unpaired) electrons. The fraction of sp³-hybridized carbons (Fsp3) is 0.476. The Morgan fingerprint density at radius 1 is 1.07 bits per heavy atom. The van der Waals surface area contributed by atoms with Gasteiger partial charge in [0.15, 0.2) is 0 Å². The normalized spacial score (nSPS) is 20.5. The SMILES string of the molecule is O=C(NCC(c1ccco1)N1CCCCC1)c1cccc(N2CCCS2(=O)=O)c1. The molecule has 0 saturated carbocycles. The summed E-state index contributed by atoms with van der Waals surface area (Å²) in [6.45, 7) is 2.88.